The molecule has 0 bridgehead atoms. The van der Waals surface area contributed by atoms with Crippen LogP contribution >= 0.6 is 0 Å². The molecule has 1 saturated heterocycles. The van der Waals surface area contributed by atoms with Gasteiger partial charge in [0.25, 0.3) is 0 Å². The maximum Gasteiger partial charge on any atom is 0.230 e. The summed E-state index contributed by atoms with van der Waals surface area (Å²) in [6.45, 7) is 2.52. The normalized spacial score (nSPS) is 28.8. The number of piperidine rings is 1. The fourth-order valence-corrected chi connectivity index (χ4v) is 4.88. The van der Waals surface area contributed by atoms with Crippen molar-refractivity contribution in [3.8, 4) is 0 Å². The van der Waals surface area contributed by atoms with E-state index >= 15 is 0 Å². The van der Waals surface area contributed by atoms with E-state index in [1.165, 1.54) is 57.8 Å². The first-order chi connectivity index (χ1) is 9.70. The van der Waals surface area contributed by atoms with Gasteiger partial charge >= 0.3 is 0 Å². The maximum atomic E-state index is 12.9. The number of nitrogens with zero attached hydrogens (tertiary/aromatic N) is 1. The summed E-state index contributed by atoms with van der Waals surface area (Å²) in [5, 5.41) is 0. The van der Waals surface area contributed by atoms with Crippen molar-refractivity contribution >= 4 is 5.91 Å². The molecule has 3 nitrogen and oxygen atoms in total. The average molecular weight is 278 g/mol. The fraction of sp³-hybridized carbons (Fsp3) is 0.941. The van der Waals surface area contributed by atoms with Crippen molar-refractivity contribution in [1.29, 1.82) is 0 Å². The molecule has 1 spiro atoms. The number of hydrogen-bond acceptors (Lipinski definition) is 2. The van der Waals surface area contributed by atoms with Gasteiger partial charge in [0.1, 0.15) is 0 Å². The lowest BCUT2D eigenvalue weighted by Gasteiger charge is -2.46. The Bertz CT molecular complexity index is 344. The van der Waals surface area contributed by atoms with E-state index in [9.17, 15) is 4.79 Å². The topological polar surface area (TPSA) is 46.3 Å². The molecule has 2 saturated carbocycles. The number of nitrogens with two attached hydrogens (primary N) is 1. The van der Waals surface area contributed by atoms with Gasteiger partial charge in [-0.2, -0.15) is 0 Å². The Kier molecular flexibility index (Phi) is 4.07. The largest absolute Gasteiger partial charge is 0.342 e. The van der Waals surface area contributed by atoms with E-state index in [4.69, 9.17) is 5.73 Å². The zero-order valence-electron chi connectivity index (χ0n) is 12.8. The lowest BCUT2D eigenvalue weighted by molar-refractivity contribution is -0.144. The van der Waals surface area contributed by atoms with Crippen molar-refractivity contribution in [1.82, 2.24) is 4.90 Å². The maximum absolute atomic E-state index is 12.9. The quantitative estimate of drug-likeness (QED) is 0.843. The SMILES string of the molecule is NCC1(C(=O)N2CCC3(CCCCC3)CC2)CCCC1. The first-order valence-electron chi connectivity index (χ1n) is 8.69. The van der Waals surface area contributed by atoms with Crippen molar-refractivity contribution in [3.05, 3.63) is 0 Å². The van der Waals surface area contributed by atoms with Gasteiger partial charge in [0.2, 0.25) is 5.91 Å². The molecule has 0 atom stereocenters. The molecular weight excluding hydrogens is 248 g/mol. The van der Waals surface area contributed by atoms with E-state index < -0.39 is 0 Å². The van der Waals surface area contributed by atoms with Gasteiger partial charge in [0, 0.05) is 19.6 Å². The number of rotatable bonds is 2. The summed E-state index contributed by atoms with van der Waals surface area (Å²) in [7, 11) is 0. The van der Waals surface area contributed by atoms with Crippen LogP contribution in [0.25, 0.3) is 0 Å². The summed E-state index contributed by atoms with van der Waals surface area (Å²) in [6, 6.07) is 0. The smallest absolute Gasteiger partial charge is 0.230 e. The van der Waals surface area contributed by atoms with Crippen LogP contribution in [0.3, 0.4) is 0 Å². The van der Waals surface area contributed by atoms with Gasteiger partial charge in [-0.3, -0.25) is 4.79 Å². The number of hydrogen-bond donors (Lipinski definition) is 1. The van der Waals surface area contributed by atoms with Crippen LogP contribution in [-0.4, -0.2) is 30.4 Å². The van der Waals surface area contributed by atoms with E-state index in [1.54, 1.807) is 0 Å². The molecule has 2 aliphatic carbocycles. The molecule has 0 unspecified atom stereocenters. The van der Waals surface area contributed by atoms with Crippen molar-refractivity contribution < 1.29 is 4.79 Å². The summed E-state index contributed by atoms with van der Waals surface area (Å²) in [6.07, 6.45) is 13.9. The molecule has 2 N–H and O–H groups in total. The molecule has 3 rings (SSSR count). The van der Waals surface area contributed by atoms with E-state index in [0.29, 0.717) is 17.9 Å². The molecule has 0 aromatic heterocycles. The molecule has 3 fully saturated rings. The van der Waals surface area contributed by atoms with Gasteiger partial charge in [-0.25, -0.2) is 0 Å². The van der Waals surface area contributed by atoms with Gasteiger partial charge in [-0.15, -0.1) is 0 Å². The number of amides is 1. The second-order valence-electron chi connectivity index (χ2n) is 7.54. The van der Waals surface area contributed by atoms with Crippen LogP contribution in [0, 0.1) is 10.8 Å². The molecule has 1 aliphatic heterocycles. The highest BCUT2D eigenvalue weighted by atomic mass is 16.2. The minimum atomic E-state index is -0.197. The second-order valence-corrected chi connectivity index (χ2v) is 7.54. The van der Waals surface area contributed by atoms with E-state index in [0.717, 1.165) is 25.9 Å². The van der Waals surface area contributed by atoms with E-state index in [2.05, 4.69) is 4.90 Å². The van der Waals surface area contributed by atoms with Gasteiger partial charge < -0.3 is 10.6 Å². The molecule has 3 aliphatic rings. The Hall–Kier alpha value is -0.570. The van der Waals surface area contributed by atoms with Crippen molar-refractivity contribution in [3.63, 3.8) is 0 Å². The highest BCUT2D eigenvalue weighted by Gasteiger charge is 2.44. The van der Waals surface area contributed by atoms with Gasteiger partial charge in [0.15, 0.2) is 0 Å². The minimum absolute atomic E-state index is 0.197. The lowest BCUT2D eigenvalue weighted by Crippen LogP contribution is -2.51. The van der Waals surface area contributed by atoms with Crippen LogP contribution in [0.4, 0.5) is 0 Å². The minimum Gasteiger partial charge on any atom is -0.342 e. The van der Waals surface area contributed by atoms with Crippen molar-refractivity contribution in [2.75, 3.05) is 19.6 Å². The molecule has 114 valence electrons. The highest BCUT2D eigenvalue weighted by Crippen LogP contribution is 2.46. The van der Waals surface area contributed by atoms with Crippen LogP contribution in [0.5, 0.6) is 0 Å². The first-order valence-corrected chi connectivity index (χ1v) is 8.69. The molecule has 3 heteroatoms. The third kappa shape index (κ3) is 2.49. The Balaban J connectivity index is 1.61. The molecule has 20 heavy (non-hydrogen) atoms. The van der Waals surface area contributed by atoms with Crippen LogP contribution in [-0.2, 0) is 4.79 Å². The summed E-state index contributed by atoms with van der Waals surface area (Å²) >= 11 is 0. The summed E-state index contributed by atoms with van der Waals surface area (Å²) < 4.78 is 0. The second kappa shape index (κ2) is 5.67. The van der Waals surface area contributed by atoms with Crippen LogP contribution in [0.15, 0.2) is 0 Å². The monoisotopic (exact) mass is 278 g/mol. The Morgan fingerprint density at radius 1 is 0.850 bits per heavy atom. The Morgan fingerprint density at radius 3 is 1.95 bits per heavy atom. The number of carbonyl (C=O) groups excluding carboxylic acids is 1. The zero-order valence-corrected chi connectivity index (χ0v) is 12.8. The molecule has 1 amide bonds. The summed E-state index contributed by atoms with van der Waals surface area (Å²) in [5.74, 6) is 0.378. The fourth-order valence-electron chi connectivity index (χ4n) is 4.88. The molecule has 1 heterocycles. The van der Waals surface area contributed by atoms with Crippen LogP contribution in [0.2, 0.25) is 0 Å². The van der Waals surface area contributed by atoms with Crippen molar-refractivity contribution in [2.45, 2.75) is 70.6 Å². The molecule has 0 aromatic rings. The summed E-state index contributed by atoms with van der Waals surface area (Å²) in [4.78, 5) is 15.0. The van der Waals surface area contributed by atoms with Crippen molar-refractivity contribution in [2.24, 2.45) is 16.6 Å². The van der Waals surface area contributed by atoms with Gasteiger partial charge in [-0.05, 0) is 43.9 Å². The molecule has 0 aromatic carbocycles. The lowest BCUT2D eigenvalue weighted by atomic mass is 9.68. The average Bonchev–Trinajstić information content (AvgIpc) is 2.98. The highest BCUT2D eigenvalue weighted by molar-refractivity contribution is 5.83. The first kappa shape index (κ1) is 14.4. The van der Waals surface area contributed by atoms with Crippen LogP contribution < -0.4 is 5.73 Å². The molecular formula is C17H30N2O. The zero-order chi connectivity index (χ0) is 14.1. The van der Waals surface area contributed by atoms with Gasteiger partial charge in [0.05, 0.1) is 5.41 Å². The Morgan fingerprint density at radius 2 is 1.40 bits per heavy atom. The van der Waals surface area contributed by atoms with E-state index in [-0.39, 0.29) is 5.41 Å². The molecule has 0 radical (unpaired) electrons. The Labute approximate surface area is 123 Å². The number of carbonyl (C=O) groups is 1. The third-order valence-electron chi connectivity index (χ3n) is 6.43. The number of likely N-dealkylation sites (tertiary alicyclic amines) is 1. The van der Waals surface area contributed by atoms with Gasteiger partial charge in [-0.1, -0.05) is 32.1 Å². The summed E-state index contributed by atoms with van der Waals surface area (Å²) in [5.41, 5.74) is 6.35. The predicted molar refractivity (Wildman–Crippen MR) is 81.3 cm³/mol. The standard InChI is InChI=1S/C17H30N2O/c18-14-17(8-4-5-9-17)15(20)19-12-10-16(11-13-19)6-2-1-3-7-16/h1-14,18H2. The van der Waals surface area contributed by atoms with E-state index in [1.807, 2.05) is 0 Å². The third-order valence-corrected chi connectivity index (χ3v) is 6.43. The van der Waals surface area contributed by atoms with Crippen LogP contribution in [0.1, 0.15) is 70.6 Å². The predicted octanol–water partition coefficient (Wildman–Crippen LogP) is 3.08.